The number of nitrogens with zero attached hydrogens (tertiary/aromatic N) is 4. The Labute approximate surface area is 124 Å². The van der Waals surface area contributed by atoms with E-state index in [2.05, 4.69) is 26.0 Å². The standard InChI is InChI=1S/C15H11FN6/c16-12-11(7-1-2-7)8(3-17)13(22-14(12)18)9-5-20-15-10(9)4-19-6-21-15/h4-7H,1-2H2,(H2,18,22)(H,19,20,21). The number of hydrogen-bond donors (Lipinski definition) is 2. The molecule has 0 amide bonds. The molecule has 0 spiro atoms. The van der Waals surface area contributed by atoms with Crippen LogP contribution in [0.2, 0.25) is 0 Å². The van der Waals surface area contributed by atoms with Crippen LogP contribution in [0.15, 0.2) is 18.7 Å². The fraction of sp³-hybridized carbons (Fsp3) is 0.200. The molecule has 0 radical (unpaired) electrons. The number of H-pyrrole nitrogens is 1. The summed E-state index contributed by atoms with van der Waals surface area (Å²) in [7, 11) is 0. The van der Waals surface area contributed by atoms with Crippen molar-refractivity contribution in [1.82, 2.24) is 19.9 Å². The first-order valence-electron chi connectivity index (χ1n) is 6.87. The van der Waals surface area contributed by atoms with Gasteiger partial charge in [0.25, 0.3) is 0 Å². The third kappa shape index (κ3) is 1.74. The van der Waals surface area contributed by atoms with Crippen molar-refractivity contribution in [1.29, 1.82) is 5.26 Å². The Kier molecular flexibility index (Phi) is 2.60. The van der Waals surface area contributed by atoms with Crippen LogP contribution in [0.1, 0.15) is 29.9 Å². The molecule has 1 saturated carbocycles. The third-order valence-electron chi connectivity index (χ3n) is 3.91. The minimum atomic E-state index is -0.570. The molecule has 0 aliphatic heterocycles. The Morgan fingerprint density at radius 2 is 2.23 bits per heavy atom. The largest absolute Gasteiger partial charge is 0.381 e. The number of nitrogen functional groups attached to an aromatic ring is 1. The number of nitrogens with one attached hydrogen (secondary N) is 1. The molecular formula is C15H11FN6. The highest BCUT2D eigenvalue weighted by Gasteiger charge is 2.33. The second-order valence-corrected chi connectivity index (χ2v) is 5.32. The average molecular weight is 294 g/mol. The number of hydrogen-bond acceptors (Lipinski definition) is 5. The zero-order valence-electron chi connectivity index (χ0n) is 11.5. The molecule has 1 aliphatic carbocycles. The van der Waals surface area contributed by atoms with Crippen molar-refractivity contribution in [2.24, 2.45) is 0 Å². The number of aromatic amines is 1. The van der Waals surface area contributed by atoms with E-state index in [4.69, 9.17) is 5.73 Å². The van der Waals surface area contributed by atoms with Gasteiger partial charge in [-0.05, 0) is 18.8 Å². The van der Waals surface area contributed by atoms with Gasteiger partial charge in [-0.1, -0.05) is 0 Å². The smallest absolute Gasteiger partial charge is 0.170 e. The first kappa shape index (κ1) is 12.7. The number of halogens is 1. The predicted molar refractivity (Wildman–Crippen MR) is 78.2 cm³/mol. The molecule has 6 nitrogen and oxygen atoms in total. The Hall–Kier alpha value is -3.01. The van der Waals surface area contributed by atoms with Crippen molar-refractivity contribution in [3.8, 4) is 17.3 Å². The van der Waals surface area contributed by atoms with Crippen LogP contribution in [0.4, 0.5) is 10.2 Å². The number of anilines is 1. The maximum absolute atomic E-state index is 14.3. The molecule has 0 aromatic carbocycles. The summed E-state index contributed by atoms with van der Waals surface area (Å²) < 4.78 is 14.3. The summed E-state index contributed by atoms with van der Waals surface area (Å²) in [4.78, 5) is 15.2. The van der Waals surface area contributed by atoms with Crippen molar-refractivity contribution in [3.05, 3.63) is 35.7 Å². The zero-order valence-corrected chi connectivity index (χ0v) is 11.5. The molecule has 22 heavy (non-hydrogen) atoms. The van der Waals surface area contributed by atoms with E-state index in [1.807, 2.05) is 0 Å². The number of pyridine rings is 1. The van der Waals surface area contributed by atoms with Crippen molar-refractivity contribution in [2.45, 2.75) is 18.8 Å². The molecule has 0 saturated heterocycles. The van der Waals surface area contributed by atoms with E-state index in [-0.39, 0.29) is 17.3 Å². The van der Waals surface area contributed by atoms with Gasteiger partial charge >= 0.3 is 0 Å². The summed E-state index contributed by atoms with van der Waals surface area (Å²) >= 11 is 0. The number of aromatic nitrogens is 4. The monoisotopic (exact) mass is 294 g/mol. The number of nitriles is 1. The van der Waals surface area contributed by atoms with Crippen LogP contribution in [0.25, 0.3) is 22.3 Å². The second-order valence-electron chi connectivity index (χ2n) is 5.32. The molecule has 3 aromatic rings. The maximum Gasteiger partial charge on any atom is 0.170 e. The first-order chi connectivity index (χ1) is 10.7. The minimum absolute atomic E-state index is 0.0557. The van der Waals surface area contributed by atoms with Crippen molar-refractivity contribution in [3.63, 3.8) is 0 Å². The fourth-order valence-corrected chi connectivity index (χ4v) is 2.72. The van der Waals surface area contributed by atoms with Crippen LogP contribution >= 0.6 is 0 Å². The summed E-state index contributed by atoms with van der Waals surface area (Å²) in [6.07, 6.45) is 6.48. The van der Waals surface area contributed by atoms with Crippen LogP contribution < -0.4 is 5.73 Å². The lowest BCUT2D eigenvalue weighted by molar-refractivity contribution is 0.609. The summed E-state index contributed by atoms with van der Waals surface area (Å²) in [6.45, 7) is 0. The van der Waals surface area contributed by atoms with Crippen LogP contribution in [-0.2, 0) is 0 Å². The van der Waals surface area contributed by atoms with Gasteiger partial charge in [-0.2, -0.15) is 5.26 Å². The highest BCUT2D eigenvalue weighted by molar-refractivity contribution is 5.93. The van der Waals surface area contributed by atoms with Gasteiger partial charge in [-0.25, -0.2) is 19.3 Å². The normalized spacial score (nSPS) is 14.2. The molecule has 3 heterocycles. The molecule has 1 aliphatic rings. The van der Waals surface area contributed by atoms with Gasteiger partial charge in [0, 0.05) is 28.9 Å². The predicted octanol–water partition coefficient (Wildman–Crippen LogP) is 2.49. The summed E-state index contributed by atoms with van der Waals surface area (Å²) in [6, 6.07) is 2.09. The van der Waals surface area contributed by atoms with E-state index in [1.54, 1.807) is 12.4 Å². The summed E-state index contributed by atoms with van der Waals surface area (Å²) in [5.41, 5.74) is 8.02. The van der Waals surface area contributed by atoms with E-state index in [1.165, 1.54) is 6.33 Å². The van der Waals surface area contributed by atoms with Gasteiger partial charge in [0.05, 0.1) is 11.3 Å². The van der Waals surface area contributed by atoms with Gasteiger partial charge in [-0.3, -0.25) is 0 Å². The highest BCUT2D eigenvalue weighted by Crippen LogP contribution is 2.46. The van der Waals surface area contributed by atoms with Crippen molar-refractivity contribution >= 4 is 16.9 Å². The molecule has 1 fully saturated rings. The van der Waals surface area contributed by atoms with Gasteiger partial charge in [-0.15, -0.1) is 0 Å². The van der Waals surface area contributed by atoms with Crippen molar-refractivity contribution < 1.29 is 4.39 Å². The lowest BCUT2D eigenvalue weighted by Crippen LogP contribution is -2.05. The lowest BCUT2D eigenvalue weighted by Gasteiger charge is -2.11. The van der Waals surface area contributed by atoms with E-state index in [9.17, 15) is 9.65 Å². The Morgan fingerprint density at radius 1 is 1.41 bits per heavy atom. The van der Waals surface area contributed by atoms with Gasteiger partial charge in [0.1, 0.15) is 18.0 Å². The molecule has 108 valence electrons. The Bertz CT molecular complexity index is 935. The molecular weight excluding hydrogens is 283 g/mol. The van der Waals surface area contributed by atoms with Crippen LogP contribution in [0, 0.1) is 17.1 Å². The van der Waals surface area contributed by atoms with Crippen LogP contribution in [0.5, 0.6) is 0 Å². The highest BCUT2D eigenvalue weighted by atomic mass is 19.1. The SMILES string of the molecule is N#Cc1c(-c2c[nH]c3ncncc23)nc(N)c(F)c1C1CC1. The minimum Gasteiger partial charge on any atom is -0.381 e. The van der Waals surface area contributed by atoms with Crippen LogP contribution in [0.3, 0.4) is 0 Å². The first-order valence-corrected chi connectivity index (χ1v) is 6.87. The van der Waals surface area contributed by atoms with Crippen LogP contribution in [-0.4, -0.2) is 19.9 Å². The van der Waals surface area contributed by atoms with E-state index >= 15 is 0 Å². The van der Waals surface area contributed by atoms with E-state index in [0.29, 0.717) is 22.5 Å². The Morgan fingerprint density at radius 3 is 2.95 bits per heavy atom. The second kappa shape index (κ2) is 4.49. The lowest BCUT2D eigenvalue weighted by atomic mass is 9.98. The summed E-state index contributed by atoms with van der Waals surface area (Å²) in [5, 5.41) is 10.2. The molecule has 0 bridgehead atoms. The van der Waals surface area contributed by atoms with E-state index in [0.717, 1.165) is 18.2 Å². The molecule has 4 rings (SSSR count). The summed E-state index contributed by atoms with van der Waals surface area (Å²) in [5.74, 6) is -0.693. The zero-order chi connectivity index (χ0) is 15.3. The number of rotatable bonds is 2. The van der Waals surface area contributed by atoms with Gasteiger partial charge in [0.15, 0.2) is 11.6 Å². The third-order valence-corrected chi connectivity index (χ3v) is 3.91. The quantitative estimate of drug-likeness (QED) is 0.755. The topological polar surface area (TPSA) is 104 Å². The number of fused-ring (bicyclic) bond motifs is 1. The molecule has 7 heteroatoms. The number of nitrogens with two attached hydrogens (primary N) is 1. The molecule has 3 N–H and O–H groups in total. The Balaban J connectivity index is 2.05. The molecule has 0 unspecified atom stereocenters. The van der Waals surface area contributed by atoms with Crippen molar-refractivity contribution in [2.75, 3.05) is 5.73 Å². The average Bonchev–Trinajstić information content (AvgIpc) is 3.28. The fourth-order valence-electron chi connectivity index (χ4n) is 2.72. The van der Waals surface area contributed by atoms with Gasteiger partial charge < -0.3 is 10.7 Å². The van der Waals surface area contributed by atoms with E-state index < -0.39 is 5.82 Å². The molecule has 0 atom stereocenters. The van der Waals surface area contributed by atoms with Gasteiger partial charge in [0.2, 0.25) is 0 Å². The maximum atomic E-state index is 14.3. The molecule has 3 aromatic heterocycles.